The molecule has 0 unspecified atom stereocenters. The van der Waals surface area contributed by atoms with Crippen LogP contribution in [0.1, 0.15) is 30.0 Å². The molecule has 0 aliphatic heterocycles. The van der Waals surface area contributed by atoms with Gasteiger partial charge in [0.2, 0.25) is 5.91 Å². The highest BCUT2D eigenvalue weighted by Crippen LogP contribution is 2.41. The molecule has 18 heavy (non-hydrogen) atoms. The number of carboxylic acid groups (broad SMARTS) is 1. The third kappa shape index (κ3) is 2.38. The van der Waals surface area contributed by atoms with Crippen molar-refractivity contribution in [2.24, 2.45) is 5.41 Å². The van der Waals surface area contributed by atoms with Crippen molar-refractivity contribution in [3.05, 3.63) is 16.1 Å². The second-order valence-corrected chi connectivity index (χ2v) is 5.67. The van der Waals surface area contributed by atoms with E-state index < -0.39 is 11.4 Å². The van der Waals surface area contributed by atoms with E-state index in [1.165, 1.54) is 0 Å². The summed E-state index contributed by atoms with van der Waals surface area (Å²) in [5.74, 6) is -1.36. The van der Waals surface area contributed by atoms with Crippen LogP contribution in [0.15, 0.2) is 5.38 Å². The van der Waals surface area contributed by atoms with E-state index in [1.54, 1.807) is 11.3 Å². The van der Waals surface area contributed by atoms with Gasteiger partial charge in [-0.1, -0.05) is 6.42 Å². The summed E-state index contributed by atoms with van der Waals surface area (Å²) >= 11 is 1.57. The fourth-order valence-electron chi connectivity index (χ4n) is 2.06. The minimum Gasteiger partial charge on any atom is -0.480 e. The maximum absolute atomic E-state index is 11.9. The number of carbonyl (C=O) groups excluding carboxylic acids is 1. The van der Waals surface area contributed by atoms with Crippen LogP contribution in [0, 0.1) is 12.3 Å². The zero-order valence-electron chi connectivity index (χ0n) is 10.2. The van der Waals surface area contributed by atoms with E-state index in [9.17, 15) is 9.59 Å². The van der Waals surface area contributed by atoms with Crippen LogP contribution < -0.4 is 5.32 Å². The Labute approximate surface area is 109 Å². The average molecular weight is 268 g/mol. The Morgan fingerprint density at radius 2 is 2.28 bits per heavy atom. The first-order valence-electron chi connectivity index (χ1n) is 5.97. The molecule has 2 N–H and O–H groups in total. The Bertz CT molecular complexity index is 466. The van der Waals surface area contributed by atoms with E-state index in [0.29, 0.717) is 25.8 Å². The van der Waals surface area contributed by atoms with E-state index in [4.69, 9.17) is 5.11 Å². The van der Waals surface area contributed by atoms with Crippen molar-refractivity contribution < 1.29 is 14.7 Å². The van der Waals surface area contributed by atoms with Crippen molar-refractivity contribution in [1.82, 2.24) is 10.3 Å². The van der Waals surface area contributed by atoms with Gasteiger partial charge in [0, 0.05) is 18.3 Å². The van der Waals surface area contributed by atoms with Gasteiger partial charge in [-0.05, 0) is 19.8 Å². The standard InChI is InChI=1S/C12H16N2O3S/c1-8-14-9(7-18-8)3-6-13-10(15)12(11(16)17)4-2-5-12/h7H,2-6H2,1H3,(H,13,15)(H,16,17). The fraction of sp³-hybridized carbons (Fsp3) is 0.583. The van der Waals surface area contributed by atoms with Crippen molar-refractivity contribution in [1.29, 1.82) is 0 Å². The summed E-state index contributed by atoms with van der Waals surface area (Å²) in [5, 5.41) is 14.8. The summed E-state index contributed by atoms with van der Waals surface area (Å²) in [6.45, 7) is 2.37. The van der Waals surface area contributed by atoms with E-state index in [0.717, 1.165) is 17.1 Å². The first-order chi connectivity index (χ1) is 8.54. The molecule has 1 aromatic heterocycles. The van der Waals surface area contributed by atoms with Gasteiger partial charge < -0.3 is 10.4 Å². The minimum atomic E-state index is -1.17. The number of thiazole rings is 1. The molecule has 1 aliphatic rings. The normalized spacial score (nSPS) is 16.9. The van der Waals surface area contributed by atoms with Crippen LogP contribution in [0.3, 0.4) is 0 Å². The molecular weight excluding hydrogens is 252 g/mol. The number of hydrogen-bond acceptors (Lipinski definition) is 4. The number of rotatable bonds is 5. The highest BCUT2D eigenvalue weighted by molar-refractivity contribution is 7.09. The summed E-state index contributed by atoms with van der Waals surface area (Å²) in [5.41, 5.74) is -0.228. The summed E-state index contributed by atoms with van der Waals surface area (Å²) in [4.78, 5) is 27.3. The fourth-order valence-corrected chi connectivity index (χ4v) is 2.71. The largest absolute Gasteiger partial charge is 0.480 e. The van der Waals surface area contributed by atoms with E-state index in [-0.39, 0.29) is 5.91 Å². The Morgan fingerprint density at radius 3 is 2.72 bits per heavy atom. The zero-order chi connectivity index (χ0) is 13.2. The summed E-state index contributed by atoms with van der Waals surface area (Å²) in [6, 6.07) is 0. The van der Waals surface area contributed by atoms with E-state index >= 15 is 0 Å². The number of aryl methyl sites for hydroxylation is 1. The van der Waals surface area contributed by atoms with Crippen molar-refractivity contribution in [3.8, 4) is 0 Å². The number of aromatic nitrogens is 1. The third-order valence-corrected chi connectivity index (χ3v) is 4.21. The van der Waals surface area contributed by atoms with Crippen LogP contribution in [0.4, 0.5) is 0 Å². The predicted octanol–water partition coefficient (Wildman–Crippen LogP) is 1.37. The second-order valence-electron chi connectivity index (χ2n) is 4.60. The maximum Gasteiger partial charge on any atom is 0.319 e. The van der Waals surface area contributed by atoms with Crippen LogP contribution in [0.5, 0.6) is 0 Å². The Hall–Kier alpha value is -1.43. The van der Waals surface area contributed by atoms with Crippen LogP contribution in [-0.2, 0) is 16.0 Å². The lowest BCUT2D eigenvalue weighted by atomic mass is 9.68. The van der Waals surface area contributed by atoms with Gasteiger partial charge in [0.1, 0.15) is 5.41 Å². The third-order valence-electron chi connectivity index (χ3n) is 3.38. The Morgan fingerprint density at radius 1 is 1.56 bits per heavy atom. The van der Waals surface area contributed by atoms with Gasteiger partial charge in [-0.3, -0.25) is 9.59 Å². The molecule has 6 heteroatoms. The number of hydrogen-bond donors (Lipinski definition) is 2. The lowest BCUT2D eigenvalue weighted by Gasteiger charge is -2.35. The molecule has 1 saturated carbocycles. The average Bonchev–Trinajstić information content (AvgIpc) is 2.61. The number of nitrogens with one attached hydrogen (secondary N) is 1. The number of aliphatic carboxylic acids is 1. The first kappa shape index (κ1) is 13.0. The number of carboxylic acids is 1. The molecule has 0 radical (unpaired) electrons. The molecular formula is C12H16N2O3S. The molecule has 2 rings (SSSR count). The van der Waals surface area contributed by atoms with Crippen molar-refractivity contribution >= 4 is 23.2 Å². The zero-order valence-corrected chi connectivity index (χ0v) is 11.0. The second kappa shape index (κ2) is 5.06. The van der Waals surface area contributed by atoms with Gasteiger partial charge in [0.05, 0.1) is 10.7 Å². The number of carbonyl (C=O) groups is 2. The molecule has 0 saturated heterocycles. The van der Waals surface area contributed by atoms with Crippen LogP contribution >= 0.6 is 11.3 Å². The van der Waals surface area contributed by atoms with Gasteiger partial charge in [0.25, 0.3) is 0 Å². The van der Waals surface area contributed by atoms with Gasteiger partial charge in [-0.2, -0.15) is 0 Å². The molecule has 0 atom stereocenters. The van der Waals surface area contributed by atoms with Gasteiger partial charge in [-0.15, -0.1) is 11.3 Å². The molecule has 1 aromatic rings. The van der Waals surface area contributed by atoms with Gasteiger partial charge >= 0.3 is 5.97 Å². The predicted molar refractivity (Wildman–Crippen MR) is 67.5 cm³/mol. The molecule has 98 valence electrons. The summed E-state index contributed by atoms with van der Waals surface area (Å²) < 4.78 is 0. The van der Waals surface area contributed by atoms with E-state index in [2.05, 4.69) is 10.3 Å². The quantitative estimate of drug-likeness (QED) is 0.790. The van der Waals surface area contributed by atoms with Crippen molar-refractivity contribution in [2.75, 3.05) is 6.54 Å². The molecule has 1 heterocycles. The van der Waals surface area contributed by atoms with Crippen LogP contribution in [0.25, 0.3) is 0 Å². The SMILES string of the molecule is Cc1nc(CCNC(=O)C2(C(=O)O)CCC2)cs1. The molecule has 5 nitrogen and oxygen atoms in total. The molecule has 1 aliphatic carbocycles. The molecule has 1 fully saturated rings. The van der Waals surface area contributed by atoms with Crippen LogP contribution in [-0.4, -0.2) is 28.5 Å². The number of nitrogens with zero attached hydrogens (tertiary/aromatic N) is 1. The molecule has 0 bridgehead atoms. The maximum atomic E-state index is 11.9. The lowest BCUT2D eigenvalue weighted by molar-refractivity contribution is -0.162. The van der Waals surface area contributed by atoms with Crippen molar-refractivity contribution in [2.45, 2.75) is 32.6 Å². The van der Waals surface area contributed by atoms with Gasteiger partial charge in [0.15, 0.2) is 0 Å². The van der Waals surface area contributed by atoms with Gasteiger partial charge in [-0.25, -0.2) is 4.98 Å². The molecule has 0 spiro atoms. The Balaban J connectivity index is 1.83. The highest BCUT2D eigenvalue weighted by atomic mass is 32.1. The van der Waals surface area contributed by atoms with Crippen LogP contribution in [0.2, 0.25) is 0 Å². The highest BCUT2D eigenvalue weighted by Gasteiger charge is 2.50. The lowest BCUT2D eigenvalue weighted by Crippen LogP contribution is -2.51. The number of amides is 1. The Kier molecular flexibility index (Phi) is 3.65. The first-order valence-corrected chi connectivity index (χ1v) is 6.85. The minimum absolute atomic E-state index is 0.354. The molecule has 1 amide bonds. The smallest absolute Gasteiger partial charge is 0.319 e. The topological polar surface area (TPSA) is 79.3 Å². The molecule has 0 aromatic carbocycles. The summed E-state index contributed by atoms with van der Waals surface area (Å²) in [7, 11) is 0. The van der Waals surface area contributed by atoms with E-state index in [1.807, 2.05) is 12.3 Å². The van der Waals surface area contributed by atoms with Crippen molar-refractivity contribution in [3.63, 3.8) is 0 Å². The summed E-state index contributed by atoms with van der Waals surface area (Å²) in [6.07, 6.45) is 2.35. The monoisotopic (exact) mass is 268 g/mol.